The minimum atomic E-state index is -2.61. The summed E-state index contributed by atoms with van der Waals surface area (Å²) in [7, 11) is -2.61. The topological polar surface area (TPSA) is 71.1 Å². The average molecular weight is 671 g/mol. The van der Waals surface area contributed by atoms with Crippen LogP contribution in [0, 0.1) is 0 Å². The predicted octanol–water partition coefficient (Wildman–Crippen LogP) is 11.4. The van der Waals surface area contributed by atoms with Crippen molar-refractivity contribution in [2.24, 2.45) is 0 Å². The number of hydrogen-bond acceptors (Lipinski definition) is 6. The van der Waals surface area contributed by atoms with E-state index < -0.39 is 8.56 Å². The van der Waals surface area contributed by atoms with E-state index in [1.165, 1.54) is 64.2 Å². The molecular weight excluding hydrogens is 605 g/mol. The highest BCUT2D eigenvalue weighted by atomic mass is 28.4. The Kier molecular flexibility index (Phi) is 16.7. The first-order chi connectivity index (χ1) is 22.4. The zero-order valence-electron chi connectivity index (χ0n) is 30.7. The summed E-state index contributed by atoms with van der Waals surface area (Å²) in [6.45, 7) is 14.8. The smallest absolute Gasteiger partial charge is 0.350 e. The lowest BCUT2D eigenvalue weighted by Gasteiger charge is -2.50. The van der Waals surface area contributed by atoms with Crippen LogP contribution in [-0.4, -0.2) is 45.9 Å². The molecular formula is C40H66O6Si. The molecule has 0 spiro atoms. The third-order valence-corrected chi connectivity index (χ3v) is 15.0. The maximum Gasteiger partial charge on any atom is 0.350 e. The van der Waals surface area contributed by atoms with E-state index >= 15 is 0 Å². The average Bonchev–Trinajstić information content (AvgIpc) is 3.22. The van der Waals surface area contributed by atoms with Gasteiger partial charge < -0.3 is 18.3 Å². The highest BCUT2D eigenvalue weighted by molar-refractivity contribution is 6.73. The SMILES string of the molecule is CC(C)(C)[Si]1(C(C)(C)C)OC2C=CC(CCCCCCCCCCOC(=O)c3ccc(cc3)C(=O)OCCCCCCCCCC2)O1. The molecule has 4 bridgehead atoms. The molecule has 0 fully saturated rings. The first kappa shape index (κ1) is 39.5. The number of fused-ring (bicyclic) bond motifs is 24. The van der Waals surface area contributed by atoms with Crippen LogP contribution >= 0.6 is 0 Å². The number of hydrogen-bond donors (Lipinski definition) is 0. The number of carbonyl (C=O) groups excluding carboxylic acids is 2. The van der Waals surface area contributed by atoms with E-state index in [0.717, 1.165) is 51.4 Å². The summed E-state index contributed by atoms with van der Waals surface area (Å²) in [5.41, 5.74) is 0.934. The molecule has 2 atom stereocenters. The van der Waals surface area contributed by atoms with Crippen LogP contribution < -0.4 is 0 Å². The first-order valence-electron chi connectivity index (χ1n) is 18.9. The molecule has 1 aromatic rings. The van der Waals surface area contributed by atoms with E-state index in [-0.39, 0.29) is 34.2 Å². The van der Waals surface area contributed by atoms with E-state index in [1.54, 1.807) is 24.3 Å². The normalized spacial score (nSPS) is 24.7. The molecule has 3 aliphatic heterocycles. The van der Waals surface area contributed by atoms with Gasteiger partial charge in [0, 0.05) is 10.1 Å². The molecule has 6 nitrogen and oxygen atoms in total. The van der Waals surface area contributed by atoms with Crippen LogP contribution in [0.4, 0.5) is 0 Å². The van der Waals surface area contributed by atoms with Crippen LogP contribution in [0.5, 0.6) is 0 Å². The molecule has 266 valence electrons. The Morgan fingerprint density at radius 2 is 0.787 bits per heavy atom. The molecule has 3 heterocycles. The van der Waals surface area contributed by atoms with Crippen molar-refractivity contribution in [1.29, 1.82) is 0 Å². The number of benzene rings is 1. The Morgan fingerprint density at radius 1 is 0.489 bits per heavy atom. The van der Waals surface area contributed by atoms with Crippen molar-refractivity contribution in [3.05, 3.63) is 47.5 Å². The number of rotatable bonds is 0. The molecule has 0 N–H and O–H groups in total. The Labute approximate surface area is 288 Å². The molecule has 3 aliphatic rings. The molecule has 7 heteroatoms. The number of ether oxygens (including phenoxy) is 2. The van der Waals surface area contributed by atoms with Crippen molar-refractivity contribution in [3.63, 3.8) is 0 Å². The van der Waals surface area contributed by atoms with Gasteiger partial charge in [0.2, 0.25) is 0 Å². The Hall–Kier alpha value is -1.96. The predicted molar refractivity (Wildman–Crippen MR) is 194 cm³/mol. The van der Waals surface area contributed by atoms with Gasteiger partial charge in [0.15, 0.2) is 0 Å². The van der Waals surface area contributed by atoms with Gasteiger partial charge in [-0.05, 0) is 49.9 Å². The molecule has 0 saturated carbocycles. The minimum Gasteiger partial charge on any atom is -0.462 e. The van der Waals surface area contributed by atoms with Crippen molar-refractivity contribution < 1.29 is 27.9 Å². The number of esters is 2. The van der Waals surface area contributed by atoms with Gasteiger partial charge in [-0.2, -0.15) is 0 Å². The lowest BCUT2D eigenvalue weighted by Crippen LogP contribution is -2.59. The standard InChI is InChI=1S/C40H66O6Si/c1-39(2,3)47(40(4,5)6)45-35-23-19-15-11-7-9-13-17-21-31-43-37(41)33-25-27-34(28-26-33)38(42)44-32-22-18-14-10-8-12-16-20-24-36(46-47)30-29-35/h25-30,35-36H,7-24,31-32H2,1-6H3. The fraction of sp³-hybridized carbons (Fsp3) is 0.750. The summed E-state index contributed by atoms with van der Waals surface area (Å²) in [6, 6.07) is 6.60. The lowest BCUT2D eigenvalue weighted by atomic mass is 10.0. The zero-order valence-corrected chi connectivity index (χ0v) is 31.7. The van der Waals surface area contributed by atoms with E-state index in [4.69, 9.17) is 18.3 Å². The van der Waals surface area contributed by atoms with E-state index in [9.17, 15) is 9.59 Å². The third kappa shape index (κ3) is 13.1. The zero-order chi connectivity index (χ0) is 34.2. The largest absolute Gasteiger partial charge is 0.462 e. The summed E-state index contributed by atoms with van der Waals surface area (Å²) in [5.74, 6) is -0.675. The summed E-state index contributed by atoms with van der Waals surface area (Å²) in [6.07, 6.45) is 25.4. The molecule has 0 radical (unpaired) electrons. The van der Waals surface area contributed by atoms with Crippen LogP contribution in [-0.2, 0) is 18.3 Å². The molecule has 0 aliphatic carbocycles. The van der Waals surface area contributed by atoms with Crippen molar-refractivity contribution in [2.75, 3.05) is 13.2 Å². The molecule has 0 amide bonds. The van der Waals surface area contributed by atoms with Gasteiger partial charge in [0.25, 0.3) is 0 Å². The maximum atomic E-state index is 12.4. The monoisotopic (exact) mass is 670 g/mol. The second-order valence-corrected chi connectivity index (χ2v) is 20.6. The van der Waals surface area contributed by atoms with Crippen LogP contribution in [0.15, 0.2) is 36.4 Å². The Bertz CT molecular complexity index is 998. The molecule has 1 aromatic carbocycles. The van der Waals surface area contributed by atoms with E-state index in [0.29, 0.717) is 24.3 Å². The summed E-state index contributed by atoms with van der Waals surface area (Å²) >= 11 is 0. The van der Waals surface area contributed by atoms with Crippen LogP contribution in [0.3, 0.4) is 0 Å². The summed E-state index contributed by atoms with van der Waals surface area (Å²) < 4.78 is 25.3. The number of carbonyl (C=O) groups is 2. The van der Waals surface area contributed by atoms with E-state index in [1.807, 2.05) is 0 Å². The first-order valence-corrected chi connectivity index (χ1v) is 20.7. The highest BCUT2D eigenvalue weighted by Gasteiger charge is 2.60. The van der Waals surface area contributed by atoms with Gasteiger partial charge >= 0.3 is 20.5 Å². The molecule has 47 heavy (non-hydrogen) atoms. The second-order valence-electron chi connectivity index (χ2n) is 15.9. The van der Waals surface area contributed by atoms with Crippen molar-refractivity contribution in [3.8, 4) is 0 Å². The van der Waals surface area contributed by atoms with E-state index in [2.05, 4.69) is 53.7 Å². The quantitative estimate of drug-likeness (QED) is 0.155. The minimum absolute atomic E-state index is 0.0360. The molecule has 2 unspecified atom stereocenters. The maximum absolute atomic E-state index is 12.4. The van der Waals surface area contributed by atoms with Crippen LogP contribution in [0.25, 0.3) is 0 Å². The van der Waals surface area contributed by atoms with Crippen molar-refractivity contribution in [2.45, 2.75) is 179 Å². The van der Waals surface area contributed by atoms with Crippen molar-refractivity contribution >= 4 is 20.5 Å². The molecule has 0 aromatic heterocycles. The second kappa shape index (κ2) is 19.9. The van der Waals surface area contributed by atoms with Gasteiger partial charge in [-0.3, -0.25) is 0 Å². The molecule has 0 saturated heterocycles. The fourth-order valence-corrected chi connectivity index (χ4v) is 12.1. The summed E-state index contributed by atoms with van der Waals surface area (Å²) in [4.78, 5) is 24.9. The summed E-state index contributed by atoms with van der Waals surface area (Å²) in [5, 5.41) is -0.0721. The van der Waals surface area contributed by atoms with Gasteiger partial charge in [0.1, 0.15) is 0 Å². The molecule has 4 rings (SSSR count). The Balaban J connectivity index is 1.55. The lowest BCUT2D eigenvalue weighted by molar-refractivity contribution is 0.0483. The third-order valence-electron chi connectivity index (χ3n) is 9.74. The highest BCUT2D eigenvalue weighted by Crippen LogP contribution is 2.54. The van der Waals surface area contributed by atoms with Crippen molar-refractivity contribution in [1.82, 2.24) is 0 Å². The van der Waals surface area contributed by atoms with Gasteiger partial charge in [-0.25, -0.2) is 9.59 Å². The van der Waals surface area contributed by atoms with Gasteiger partial charge in [-0.1, -0.05) is 144 Å². The fourth-order valence-electron chi connectivity index (χ4n) is 7.18. The van der Waals surface area contributed by atoms with Gasteiger partial charge in [0.05, 0.1) is 36.5 Å². The van der Waals surface area contributed by atoms with Gasteiger partial charge in [-0.15, -0.1) is 0 Å². The Morgan fingerprint density at radius 3 is 1.11 bits per heavy atom. The van der Waals surface area contributed by atoms with Crippen LogP contribution in [0.2, 0.25) is 10.1 Å². The van der Waals surface area contributed by atoms with Crippen LogP contribution in [0.1, 0.15) is 178 Å².